The third-order valence-electron chi connectivity index (χ3n) is 2.40. The lowest BCUT2D eigenvalue weighted by molar-refractivity contribution is 0.628. The van der Waals surface area contributed by atoms with Gasteiger partial charge in [-0.15, -0.1) is 0 Å². The normalized spacial score (nSPS) is 10.6. The summed E-state index contributed by atoms with van der Waals surface area (Å²) >= 11 is 0. The number of hydrogen-bond donors (Lipinski definition) is 1. The van der Waals surface area contributed by atoms with Gasteiger partial charge in [0.2, 0.25) is 5.95 Å². The van der Waals surface area contributed by atoms with Gasteiger partial charge in [-0.05, 0) is 19.1 Å². The molecule has 0 atom stereocenters. The van der Waals surface area contributed by atoms with Crippen molar-refractivity contribution >= 4 is 5.95 Å². The molecule has 0 unspecified atom stereocenters. The van der Waals surface area contributed by atoms with Crippen LogP contribution in [0.1, 0.15) is 5.69 Å². The standard InChI is InChI=1S/C11H12FN3/c1-7-10(15(2)11(13)14-7)8-4-3-5-9(12)6-8/h3-6H,1-2H3,(H2,13,14). The first-order valence-corrected chi connectivity index (χ1v) is 4.64. The predicted octanol–water partition coefficient (Wildman–Crippen LogP) is 2.12. The van der Waals surface area contributed by atoms with Crippen LogP contribution >= 0.6 is 0 Å². The molecule has 1 aromatic carbocycles. The van der Waals surface area contributed by atoms with Crippen LogP contribution in [0.5, 0.6) is 0 Å². The van der Waals surface area contributed by atoms with Gasteiger partial charge >= 0.3 is 0 Å². The van der Waals surface area contributed by atoms with Crippen molar-refractivity contribution in [2.45, 2.75) is 6.92 Å². The Morgan fingerprint density at radius 1 is 1.40 bits per heavy atom. The van der Waals surface area contributed by atoms with Gasteiger partial charge < -0.3 is 10.3 Å². The van der Waals surface area contributed by atoms with Crippen LogP contribution in [0.2, 0.25) is 0 Å². The zero-order valence-corrected chi connectivity index (χ0v) is 8.66. The maximum absolute atomic E-state index is 13.1. The Balaban J connectivity index is 2.63. The molecular formula is C11H12FN3. The van der Waals surface area contributed by atoms with Gasteiger partial charge in [-0.1, -0.05) is 12.1 Å². The Labute approximate surface area is 87.4 Å². The molecule has 2 aromatic rings. The highest BCUT2D eigenvalue weighted by molar-refractivity contribution is 5.64. The van der Waals surface area contributed by atoms with Crippen LogP contribution in [-0.4, -0.2) is 9.55 Å². The van der Waals surface area contributed by atoms with Crippen molar-refractivity contribution in [2.75, 3.05) is 5.73 Å². The first-order chi connectivity index (χ1) is 7.09. The molecule has 2 rings (SSSR count). The van der Waals surface area contributed by atoms with Crippen LogP contribution < -0.4 is 5.73 Å². The van der Waals surface area contributed by atoms with Crippen molar-refractivity contribution in [1.29, 1.82) is 0 Å². The second-order valence-electron chi connectivity index (χ2n) is 3.47. The second-order valence-corrected chi connectivity index (χ2v) is 3.47. The van der Waals surface area contributed by atoms with E-state index in [9.17, 15) is 4.39 Å². The van der Waals surface area contributed by atoms with E-state index in [0.717, 1.165) is 17.0 Å². The topological polar surface area (TPSA) is 43.8 Å². The van der Waals surface area contributed by atoms with Crippen LogP contribution in [0.4, 0.5) is 10.3 Å². The number of anilines is 1. The van der Waals surface area contributed by atoms with E-state index in [0.29, 0.717) is 5.95 Å². The van der Waals surface area contributed by atoms with Crippen LogP contribution in [0.15, 0.2) is 24.3 Å². The molecule has 3 nitrogen and oxygen atoms in total. The summed E-state index contributed by atoms with van der Waals surface area (Å²) in [7, 11) is 1.82. The Bertz CT molecular complexity index is 503. The van der Waals surface area contributed by atoms with Crippen LogP contribution in [0.25, 0.3) is 11.3 Å². The van der Waals surface area contributed by atoms with Crippen molar-refractivity contribution < 1.29 is 4.39 Å². The molecule has 0 spiro atoms. The average molecular weight is 205 g/mol. The predicted molar refractivity (Wildman–Crippen MR) is 57.8 cm³/mol. The fourth-order valence-electron chi connectivity index (χ4n) is 1.70. The molecule has 0 fully saturated rings. The zero-order chi connectivity index (χ0) is 11.0. The number of nitrogens with zero attached hydrogens (tertiary/aromatic N) is 2. The van der Waals surface area contributed by atoms with Crippen molar-refractivity contribution in [2.24, 2.45) is 7.05 Å². The molecule has 2 N–H and O–H groups in total. The first kappa shape index (κ1) is 9.71. The highest BCUT2D eigenvalue weighted by atomic mass is 19.1. The summed E-state index contributed by atoms with van der Waals surface area (Å²) in [4.78, 5) is 4.13. The summed E-state index contributed by atoms with van der Waals surface area (Å²) in [6.07, 6.45) is 0. The minimum absolute atomic E-state index is 0.258. The molecule has 0 aliphatic heterocycles. The fourth-order valence-corrected chi connectivity index (χ4v) is 1.70. The second kappa shape index (κ2) is 3.38. The Morgan fingerprint density at radius 2 is 2.13 bits per heavy atom. The largest absolute Gasteiger partial charge is 0.369 e. The molecule has 0 radical (unpaired) electrons. The smallest absolute Gasteiger partial charge is 0.200 e. The summed E-state index contributed by atoms with van der Waals surface area (Å²) in [6, 6.07) is 6.40. The van der Waals surface area contributed by atoms with Gasteiger partial charge in [0.15, 0.2) is 0 Å². The molecule has 0 aliphatic carbocycles. The minimum Gasteiger partial charge on any atom is -0.369 e. The maximum atomic E-state index is 13.1. The van der Waals surface area contributed by atoms with Gasteiger partial charge in [-0.3, -0.25) is 0 Å². The lowest BCUT2D eigenvalue weighted by Gasteiger charge is -2.04. The van der Waals surface area contributed by atoms with Crippen LogP contribution in [0.3, 0.4) is 0 Å². The van der Waals surface area contributed by atoms with E-state index in [-0.39, 0.29) is 5.82 Å². The maximum Gasteiger partial charge on any atom is 0.200 e. The fraction of sp³-hybridized carbons (Fsp3) is 0.182. The molecule has 4 heteroatoms. The summed E-state index contributed by atoms with van der Waals surface area (Å²) in [6.45, 7) is 1.86. The number of halogens is 1. The number of imidazole rings is 1. The SMILES string of the molecule is Cc1nc(N)n(C)c1-c1cccc(F)c1. The van der Waals surface area contributed by atoms with E-state index in [1.54, 1.807) is 10.6 Å². The number of aryl methyl sites for hydroxylation is 1. The molecular weight excluding hydrogens is 193 g/mol. The highest BCUT2D eigenvalue weighted by Gasteiger charge is 2.11. The molecule has 15 heavy (non-hydrogen) atoms. The van der Waals surface area contributed by atoms with Gasteiger partial charge in [-0.25, -0.2) is 9.37 Å². The number of aromatic nitrogens is 2. The van der Waals surface area contributed by atoms with Crippen LogP contribution in [0, 0.1) is 12.7 Å². The van der Waals surface area contributed by atoms with E-state index in [1.807, 2.05) is 20.0 Å². The van der Waals surface area contributed by atoms with E-state index in [1.165, 1.54) is 12.1 Å². The molecule has 0 saturated carbocycles. The zero-order valence-electron chi connectivity index (χ0n) is 8.66. The Morgan fingerprint density at radius 3 is 2.67 bits per heavy atom. The lowest BCUT2D eigenvalue weighted by Crippen LogP contribution is -1.98. The van der Waals surface area contributed by atoms with Gasteiger partial charge in [0, 0.05) is 12.6 Å². The molecule has 78 valence electrons. The van der Waals surface area contributed by atoms with E-state index < -0.39 is 0 Å². The van der Waals surface area contributed by atoms with Gasteiger partial charge in [-0.2, -0.15) is 0 Å². The molecule has 1 heterocycles. The molecule has 0 bridgehead atoms. The highest BCUT2D eigenvalue weighted by Crippen LogP contribution is 2.25. The molecule has 0 saturated heterocycles. The summed E-state index contributed by atoms with van der Waals surface area (Å²) in [5.74, 6) is 0.179. The average Bonchev–Trinajstić information content (AvgIpc) is 2.41. The minimum atomic E-state index is -0.258. The first-order valence-electron chi connectivity index (χ1n) is 4.64. The molecule has 0 aliphatic rings. The molecule has 0 amide bonds. The third kappa shape index (κ3) is 1.58. The van der Waals surface area contributed by atoms with Crippen LogP contribution in [-0.2, 0) is 7.05 Å². The Kier molecular flexibility index (Phi) is 2.19. The number of benzene rings is 1. The number of rotatable bonds is 1. The summed E-state index contributed by atoms with van der Waals surface area (Å²) in [5, 5.41) is 0. The lowest BCUT2D eigenvalue weighted by atomic mass is 10.1. The van der Waals surface area contributed by atoms with Crippen molar-refractivity contribution in [3.63, 3.8) is 0 Å². The monoisotopic (exact) mass is 205 g/mol. The summed E-state index contributed by atoms with van der Waals surface area (Å²) in [5.41, 5.74) is 8.13. The van der Waals surface area contributed by atoms with E-state index >= 15 is 0 Å². The van der Waals surface area contributed by atoms with Crippen molar-refractivity contribution in [3.8, 4) is 11.3 Å². The third-order valence-corrected chi connectivity index (χ3v) is 2.40. The van der Waals surface area contributed by atoms with E-state index in [2.05, 4.69) is 4.98 Å². The number of nitrogen functional groups attached to an aromatic ring is 1. The van der Waals surface area contributed by atoms with Crippen molar-refractivity contribution in [1.82, 2.24) is 9.55 Å². The van der Waals surface area contributed by atoms with Crippen molar-refractivity contribution in [3.05, 3.63) is 35.8 Å². The van der Waals surface area contributed by atoms with Gasteiger partial charge in [0.25, 0.3) is 0 Å². The molecule has 1 aromatic heterocycles. The number of hydrogen-bond acceptors (Lipinski definition) is 2. The van der Waals surface area contributed by atoms with Gasteiger partial charge in [0.05, 0.1) is 11.4 Å². The Hall–Kier alpha value is -1.84. The van der Waals surface area contributed by atoms with E-state index in [4.69, 9.17) is 5.73 Å². The van der Waals surface area contributed by atoms with Gasteiger partial charge in [0.1, 0.15) is 5.82 Å². The summed E-state index contributed by atoms with van der Waals surface area (Å²) < 4.78 is 14.8. The number of nitrogens with two attached hydrogens (primary N) is 1. The quantitative estimate of drug-likeness (QED) is 0.774.